The Kier molecular flexibility index (Phi) is 5.01. The van der Waals surface area contributed by atoms with Crippen molar-refractivity contribution in [1.82, 2.24) is 4.90 Å². The van der Waals surface area contributed by atoms with Crippen LogP contribution in [-0.2, 0) is 9.53 Å². The molecular formula is C29H45NO3. The molecule has 33 heavy (non-hydrogen) atoms. The van der Waals surface area contributed by atoms with Crippen LogP contribution in [0.4, 0.5) is 0 Å². The minimum Gasteiger partial charge on any atom is -0.393 e. The van der Waals surface area contributed by atoms with E-state index in [0.717, 1.165) is 56.4 Å². The summed E-state index contributed by atoms with van der Waals surface area (Å²) in [5.74, 6) is 3.95. The molecule has 0 radical (unpaired) electrons. The normalized spacial score (nSPS) is 55.5. The van der Waals surface area contributed by atoms with E-state index in [4.69, 9.17) is 4.74 Å². The zero-order valence-electron chi connectivity index (χ0n) is 21.5. The third-order valence-corrected chi connectivity index (χ3v) is 12.1. The van der Waals surface area contributed by atoms with Crippen molar-refractivity contribution in [3.8, 4) is 0 Å². The molecule has 4 aliphatic carbocycles. The lowest BCUT2D eigenvalue weighted by atomic mass is 9.47. The summed E-state index contributed by atoms with van der Waals surface area (Å²) in [4.78, 5) is 14.9. The van der Waals surface area contributed by atoms with Crippen LogP contribution in [0.1, 0.15) is 92.4 Å². The van der Waals surface area contributed by atoms with Crippen LogP contribution in [0, 0.1) is 46.3 Å². The number of piperidine rings is 1. The van der Waals surface area contributed by atoms with Crippen LogP contribution in [0.3, 0.4) is 0 Å². The molecule has 0 aromatic heterocycles. The number of amides is 1. The molecule has 3 saturated carbocycles. The van der Waals surface area contributed by atoms with E-state index in [9.17, 15) is 9.90 Å². The molecule has 3 unspecified atom stereocenters. The van der Waals surface area contributed by atoms with E-state index in [-0.39, 0.29) is 17.7 Å². The summed E-state index contributed by atoms with van der Waals surface area (Å²) < 4.78 is 7.09. The van der Waals surface area contributed by atoms with Gasteiger partial charge in [-0.15, -0.1) is 0 Å². The Bertz CT molecular complexity index is 869. The molecule has 2 heterocycles. The molecule has 0 aromatic rings. The number of aliphatic hydroxyl groups is 1. The SMILES string of the molecule is CC(=O)N1CC(C)CC[C@]12O[C@H]1C[C@H]3[C@@H]4CC=C5CC(O)CC[C@]5(C)[C@H]4CC[C@]3(C)[C@@H]1C2C. The van der Waals surface area contributed by atoms with Crippen molar-refractivity contribution in [2.45, 2.75) is 110 Å². The number of aliphatic hydroxyl groups excluding tert-OH is 1. The summed E-state index contributed by atoms with van der Waals surface area (Å²) in [7, 11) is 0. The van der Waals surface area contributed by atoms with Gasteiger partial charge < -0.3 is 14.7 Å². The molecule has 1 spiro atoms. The third-order valence-electron chi connectivity index (χ3n) is 12.1. The molecule has 4 nitrogen and oxygen atoms in total. The molecule has 11 atom stereocenters. The first kappa shape index (κ1) is 22.6. The highest BCUT2D eigenvalue weighted by Gasteiger charge is 2.69. The van der Waals surface area contributed by atoms with Crippen LogP contribution in [-0.4, -0.2) is 40.4 Å². The van der Waals surface area contributed by atoms with Gasteiger partial charge in [-0.05, 0) is 98.2 Å². The fourth-order valence-corrected chi connectivity index (χ4v) is 10.5. The van der Waals surface area contributed by atoms with Gasteiger partial charge in [-0.3, -0.25) is 4.79 Å². The Balaban J connectivity index is 1.30. The number of hydrogen-bond acceptors (Lipinski definition) is 3. The predicted octanol–water partition coefficient (Wildman–Crippen LogP) is 5.55. The van der Waals surface area contributed by atoms with Crippen molar-refractivity contribution in [2.75, 3.05) is 6.54 Å². The highest BCUT2D eigenvalue weighted by molar-refractivity contribution is 5.74. The summed E-state index contributed by atoms with van der Waals surface area (Å²) >= 11 is 0. The molecule has 0 bridgehead atoms. The molecule has 2 saturated heterocycles. The number of rotatable bonds is 0. The van der Waals surface area contributed by atoms with E-state index in [0.29, 0.717) is 34.7 Å². The second-order valence-electron chi connectivity index (χ2n) is 13.5. The van der Waals surface area contributed by atoms with Crippen LogP contribution in [0.25, 0.3) is 0 Å². The predicted molar refractivity (Wildman–Crippen MR) is 129 cm³/mol. The summed E-state index contributed by atoms with van der Waals surface area (Å²) in [6.45, 7) is 12.4. The van der Waals surface area contributed by atoms with Crippen molar-refractivity contribution < 1.29 is 14.6 Å². The lowest BCUT2D eigenvalue weighted by Crippen LogP contribution is -2.60. The van der Waals surface area contributed by atoms with Crippen LogP contribution in [0.2, 0.25) is 0 Å². The first-order valence-electron chi connectivity index (χ1n) is 13.9. The van der Waals surface area contributed by atoms with Gasteiger partial charge in [0.05, 0.1) is 12.2 Å². The van der Waals surface area contributed by atoms with Gasteiger partial charge in [0.1, 0.15) is 5.72 Å². The number of carbonyl (C=O) groups is 1. The van der Waals surface area contributed by atoms with Crippen LogP contribution < -0.4 is 0 Å². The number of fused-ring (bicyclic) bond motifs is 7. The molecule has 1 amide bonds. The largest absolute Gasteiger partial charge is 0.393 e. The number of likely N-dealkylation sites (tertiary alicyclic amines) is 1. The number of allylic oxidation sites excluding steroid dienone is 1. The lowest BCUT2D eigenvalue weighted by molar-refractivity contribution is -0.200. The number of hydrogen-bond donors (Lipinski definition) is 1. The van der Waals surface area contributed by atoms with Crippen molar-refractivity contribution >= 4 is 5.91 Å². The monoisotopic (exact) mass is 455 g/mol. The van der Waals surface area contributed by atoms with Gasteiger partial charge in [0, 0.05) is 19.4 Å². The molecular weight excluding hydrogens is 410 g/mol. The number of nitrogens with zero attached hydrogens (tertiary/aromatic N) is 1. The van der Waals surface area contributed by atoms with Gasteiger partial charge in [0.25, 0.3) is 0 Å². The minimum atomic E-state index is -0.371. The van der Waals surface area contributed by atoms with E-state index in [1.165, 1.54) is 25.7 Å². The first-order chi connectivity index (χ1) is 15.6. The Morgan fingerprint density at radius 1 is 1.12 bits per heavy atom. The molecule has 6 aliphatic rings. The Hall–Kier alpha value is -0.870. The van der Waals surface area contributed by atoms with E-state index >= 15 is 0 Å². The maximum absolute atomic E-state index is 12.7. The van der Waals surface area contributed by atoms with E-state index in [1.807, 2.05) is 0 Å². The Morgan fingerprint density at radius 2 is 1.91 bits per heavy atom. The fourth-order valence-electron chi connectivity index (χ4n) is 10.5. The molecule has 6 rings (SSSR count). The van der Waals surface area contributed by atoms with Gasteiger partial charge in [-0.1, -0.05) is 39.3 Å². The van der Waals surface area contributed by atoms with Gasteiger partial charge in [0.15, 0.2) is 0 Å². The second-order valence-corrected chi connectivity index (χ2v) is 13.5. The maximum atomic E-state index is 12.7. The minimum absolute atomic E-state index is 0.131. The van der Waals surface area contributed by atoms with Crippen molar-refractivity contribution in [3.05, 3.63) is 11.6 Å². The standard InChI is InChI=1S/C29H45NO3/c1-17-8-13-29(30(16-17)19(3)31)18(2)26-25(33-29)15-24-22-7-6-20-14-21(32)9-11-27(20,4)23(22)10-12-28(24,26)5/h6,17-18,21-26,32H,7-16H2,1-5H3/t17?,18?,21?,22-,23+,24+,25+,26-,27+,28+,29-/m1/s1. The average Bonchev–Trinajstić information content (AvgIpc) is 3.21. The quantitative estimate of drug-likeness (QED) is 0.488. The highest BCUT2D eigenvalue weighted by Crippen LogP contribution is 2.70. The molecule has 2 aliphatic heterocycles. The molecule has 5 fully saturated rings. The highest BCUT2D eigenvalue weighted by atomic mass is 16.5. The zero-order chi connectivity index (χ0) is 23.3. The molecule has 184 valence electrons. The van der Waals surface area contributed by atoms with E-state index in [1.54, 1.807) is 12.5 Å². The van der Waals surface area contributed by atoms with E-state index in [2.05, 4.69) is 38.7 Å². The average molecular weight is 456 g/mol. The topological polar surface area (TPSA) is 49.8 Å². The van der Waals surface area contributed by atoms with Gasteiger partial charge in [-0.2, -0.15) is 0 Å². The smallest absolute Gasteiger partial charge is 0.221 e. The van der Waals surface area contributed by atoms with Gasteiger partial charge in [-0.25, -0.2) is 0 Å². The van der Waals surface area contributed by atoms with Crippen molar-refractivity contribution in [1.29, 1.82) is 0 Å². The summed E-state index contributed by atoms with van der Waals surface area (Å²) in [5.41, 5.74) is 1.79. The Morgan fingerprint density at radius 3 is 2.67 bits per heavy atom. The summed E-state index contributed by atoms with van der Waals surface area (Å²) in [6, 6.07) is 0. The fraction of sp³-hybridized carbons (Fsp3) is 0.897. The summed E-state index contributed by atoms with van der Waals surface area (Å²) in [5, 5.41) is 10.3. The van der Waals surface area contributed by atoms with Crippen LogP contribution in [0.5, 0.6) is 0 Å². The van der Waals surface area contributed by atoms with Gasteiger partial charge >= 0.3 is 0 Å². The second kappa shape index (κ2) is 7.32. The van der Waals surface area contributed by atoms with Crippen molar-refractivity contribution in [3.63, 3.8) is 0 Å². The van der Waals surface area contributed by atoms with E-state index < -0.39 is 0 Å². The lowest BCUT2D eigenvalue weighted by Gasteiger charge is -2.59. The number of ether oxygens (including phenoxy) is 1. The first-order valence-corrected chi connectivity index (χ1v) is 13.9. The maximum Gasteiger partial charge on any atom is 0.221 e. The molecule has 1 N–H and O–H groups in total. The zero-order valence-corrected chi connectivity index (χ0v) is 21.5. The Labute approximate surface area is 200 Å². The van der Waals surface area contributed by atoms with Gasteiger partial charge in [0.2, 0.25) is 5.91 Å². The number of carbonyl (C=O) groups excluding carboxylic acids is 1. The molecule has 4 heteroatoms. The van der Waals surface area contributed by atoms with Crippen molar-refractivity contribution in [2.24, 2.45) is 46.3 Å². The van der Waals surface area contributed by atoms with Crippen LogP contribution >= 0.6 is 0 Å². The van der Waals surface area contributed by atoms with Crippen LogP contribution in [0.15, 0.2) is 11.6 Å². The third kappa shape index (κ3) is 2.92. The summed E-state index contributed by atoms with van der Waals surface area (Å²) in [6.07, 6.45) is 12.9. The molecule has 0 aromatic carbocycles.